The Bertz CT molecular complexity index is 398. The normalized spacial score (nSPS) is 10.0. The fraction of sp³-hybridized carbons (Fsp3) is 0.364. The zero-order chi connectivity index (χ0) is 13.4. The van der Waals surface area contributed by atoms with Gasteiger partial charge in [0.2, 0.25) is 0 Å². The third kappa shape index (κ3) is 4.48. The lowest BCUT2D eigenvalue weighted by molar-refractivity contribution is 0.244. The molecule has 2 heterocycles. The molecule has 2 rings (SSSR count). The van der Waals surface area contributed by atoms with Crippen molar-refractivity contribution in [2.45, 2.75) is 0 Å². The summed E-state index contributed by atoms with van der Waals surface area (Å²) in [7, 11) is 4.01. The molecule has 0 unspecified atom stereocenters. The van der Waals surface area contributed by atoms with Gasteiger partial charge in [0.1, 0.15) is 12.7 Å². The molecule has 0 aromatic carbocycles. The number of carbonyl (C=O) groups excluding carboxylic acids is 1. The van der Waals surface area contributed by atoms with Gasteiger partial charge in [-0.05, 0) is 14.1 Å². The van der Waals surface area contributed by atoms with Gasteiger partial charge >= 0.3 is 6.03 Å². The Labute approximate surface area is 106 Å². The van der Waals surface area contributed by atoms with E-state index in [0.717, 1.165) is 13.1 Å². The lowest BCUT2D eigenvalue weighted by Gasteiger charge is -2.03. The van der Waals surface area contributed by atoms with Crippen LogP contribution in [-0.2, 0) is 0 Å². The van der Waals surface area contributed by atoms with Crippen LogP contribution in [0.4, 0.5) is 4.79 Å². The Balaban J connectivity index is 0.000000232. The van der Waals surface area contributed by atoms with E-state index in [1.165, 1.54) is 21.8 Å². The van der Waals surface area contributed by atoms with Crippen molar-refractivity contribution < 1.29 is 4.79 Å². The van der Waals surface area contributed by atoms with Gasteiger partial charge < -0.3 is 10.6 Å². The third-order valence-electron chi connectivity index (χ3n) is 2.03. The fourth-order valence-electron chi connectivity index (χ4n) is 1.14. The molecule has 7 heteroatoms. The number of rotatable bonds is 2. The summed E-state index contributed by atoms with van der Waals surface area (Å²) in [6.45, 7) is 1.74. The zero-order valence-electron chi connectivity index (χ0n) is 10.6. The van der Waals surface area contributed by atoms with Crippen LogP contribution in [0.5, 0.6) is 0 Å². The number of likely N-dealkylation sites (N-methyl/N-ethyl adjacent to an activating group) is 1. The van der Waals surface area contributed by atoms with Gasteiger partial charge in [0, 0.05) is 37.9 Å². The minimum Gasteiger partial charge on any atom is -0.329 e. The molecule has 0 aliphatic rings. The molecule has 0 spiro atoms. The van der Waals surface area contributed by atoms with E-state index in [9.17, 15) is 4.79 Å². The average molecular weight is 250 g/mol. The van der Waals surface area contributed by atoms with Gasteiger partial charge in [0.25, 0.3) is 0 Å². The second-order valence-electron chi connectivity index (χ2n) is 3.81. The van der Waals surface area contributed by atoms with E-state index in [1.54, 1.807) is 24.8 Å². The standard InChI is InChI=1S/C7H6N4O.C4H12N2/c12-7(10-3-1-8-5-10)11-4-2-9-6-11;1-6(2)4-3-5/h1-6H;3-5H2,1-2H3. The Kier molecular flexibility index (Phi) is 5.75. The van der Waals surface area contributed by atoms with Crippen LogP contribution in [0.3, 0.4) is 0 Å². The second kappa shape index (κ2) is 7.36. The van der Waals surface area contributed by atoms with E-state index in [2.05, 4.69) is 14.9 Å². The minimum absolute atomic E-state index is 0.190. The SMILES string of the molecule is CN(C)CCN.O=C(n1ccnc1)n1ccnc1. The summed E-state index contributed by atoms with van der Waals surface area (Å²) < 4.78 is 2.75. The fourth-order valence-corrected chi connectivity index (χ4v) is 1.14. The van der Waals surface area contributed by atoms with Crippen molar-refractivity contribution in [2.75, 3.05) is 27.2 Å². The summed E-state index contributed by atoms with van der Waals surface area (Å²) >= 11 is 0. The molecule has 2 aromatic heterocycles. The van der Waals surface area contributed by atoms with Crippen LogP contribution in [0.25, 0.3) is 0 Å². The molecule has 0 bridgehead atoms. The summed E-state index contributed by atoms with van der Waals surface area (Å²) in [4.78, 5) is 21.0. The quantitative estimate of drug-likeness (QED) is 0.817. The topological polar surface area (TPSA) is 82.0 Å². The highest BCUT2D eigenvalue weighted by atomic mass is 16.2. The van der Waals surface area contributed by atoms with Gasteiger partial charge in [-0.1, -0.05) is 0 Å². The number of imidazole rings is 2. The molecule has 0 radical (unpaired) electrons. The van der Waals surface area contributed by atoms with Crippen molar-refractivity contribution >= 4 is 6.03 Å². The summed E-state index contributed by atoms with van der Waals surface area (Å²) in [5, 5.41) is 0. The predicted octanol–water partition coefficient (Wildman–Crippen LogP) is 0.103. The average Bonchev–Trinajstić information content (AvgIpc) is 3.03. The highest BCUT2D eigenvalue weighted by molar-refractivity contribution is 5.78. The van der Waals surface area contributed by atoms with Crippen LogP contribution >= 0.6 is 0 Å². The molecule has 2 N–H and O–H groups in total. The smallest absolute Gasteiger partial charge is 0.329 e. The van der Waals surface area contributed by atoms with Gasteiger partial charge in [-0.2, -0.15) is 0 Å². The largest absolute Gasteiger partial charge is 0.338 e. The first-order chi connectivity index (χ1) is 8.65. The van der Waals surface area contributed by atoms with E-state index in [-0.39, 0.29) is 6.03 Å². The lowest BCUT2D eigenvalue weighted by atomic mass is 10.6. The zero-order valence-corrected chi connectivity index (χ0v) is 10.6. The van der Waals surface area contributed by atoms with E-state index < -0.39 is 0 Å². The number of nitrogens with two attached hydrogens (primary N) is 1. The van der Waals surface area contributed by atoms with Gasteiger partial charge in [-0.25, -0.2) is 14.8 Å². The summed E-state index contributed by atoms with van der Waals surface area (Å²) in [6, 6.07) is -0.190. The summed E-state index contributed by atoms with van der Waals surface area (Å²) in [6.07, 6.45) is 9.17. The van der Waals surface area contributed by atoms with E-state index in [1.807, 2.05) is 14.1 Å². The van der Waals surface area contributed by atoms with Crippen molar-refractivity contribution in [2.24, 2.45) is 5.73 Å². The van der Waals surface area contributed by atoms with Gasteiger partial charge in [0.15, 0.2) is 0 Å². The third-order valence-corrected chi connectivity index (χ3v) is 2.03. The number of nitrogens with zero attached hydrogens (tertiary/aromatic N) is 5. The number of carbonyl (C=O) groups is 1. The molecule has 0 amide bonds. The van der Waals surface area contributed by atoms with Crippen molar-refractivity contribution in [1.29, 1.82) is 0 Å². The Morgan fingerprint density at radius 2 is 1.67 bits per heavy atom. The predicted molar refractivity (Wildman–Crippen MR) is 68.3 cm³/mol. The molecule has 0 aliphatic heterocycles. The van der Waals surface area contributed by atoms with Crippen LogP contribution in [0.15, 0.2) is 37.4 Å². The molecular weight excluding hydrogens is 232 g/mol. The van der Waals surface area contributed by atoms with Crippen LogP contribution in [-0.4, -0.2) is 57.2 Å². The second-order valence-corrected chi connectivity index (χ2v) is 3.81. The van der Waals surface area contributed by atoms with E-state index in [0.29, 0.717) is 0 Å². The molecule has 98 valence electrons. The molecule has 0 saturated carbocycles. The first kappa shape index (κ1) is 14.1. The first-order valence-electron chi connectivity index (χ1n) is 5.50. The maximum atomic E-state index is 11.4. The van der Waals surface area contributed by atoms with Crippen LogP contribution in [0.1, 0.15) is 0 Å². The summed E-state index contributed by atoms with van der Waals surface area (Å²) in [5.41, 5.74) is 5.19. The molecule has 0 fully saturated rings. The molecule has 7 nitrogen and oxygen atoms in total. The first-order valence-corrected chi connectivity index (χ1v) is 5.50. The summed E-state index contributed by atoms with van der Waals surface area (Å²) in [5.74, 6) is 0. The Morgan fingerprint density at radius 3 is 1.89 bits per heavy atom. The molecular formula is C11H18N6O. The maximum absolute atomic E-state index is 11.4. The van der Waals surface area contributed by atoms with Crippen molar-refractivity contribution in [3.8, 4) is 0 Å². The van der Waals surface area contributed by atoms with Crippen molar-refractivity contribution in [3.05, 3.63) is 37.4 Å². The Morgan fingerprint density at radius 1 is 1.17 bits per heavy atom. The van der Waals surface area contributed by atoms with Gasteiger partial charge in [-0.3, -0.25) is 9.13 Å². The van der Waals surface area contributed by atoms with Crippen LogP contribution in [0.2, 0.25) is 0 Å². The van der Waals surface area contributed by atoms with Crippen LogP contribution in [0, 0.1) is 0 Å². The maximum Gasteiger partial charge on any atom is 0.338 e. The van der Waals surface area contributed by atoms with Crippen molar-refractivity contribution in [3.63, 3.8) is 0 Å². The molecule has 2 aromatic rings. The molecule has 18 heavy (non-hydrogen) atoms. The number of aromatic nitrogens is 4. The number of hydrogen-bond acceptors (Lipinski definition) is 5. The monoisotopic (exact) mass is 250 g/mol. The van der Waals surface area contributed by atoms with E-state index in [4.69, 9.17) is 5.73 Å². The molecule has 0 saturated heterocycles. The van der Waals surface area contributed by atoms with Gasteiger partial charge in [-0.15, -0.1) is 0 Å². The minimum atomic E-state index is -0.190. The Hall–Kier alpha value is -1.99. The lowest BCUT2D eigenvalue weighted by Crippen LogP contribution is -2.20. The van der Waals surface area contributed by atoms with Crippen molar-refractivity contribution in [1.82, 2.24) is 24.0 Å². The van der Waals surface area contributed by atoms with E-state index >= 15 is 0 Å². The highest BCUT2D eigenvalue weighted by Crippen LogP contribution is 1.91. The molecule has 0 aliphatic carbocycles. The highest BCUT2D eigenvalue weighted by Gasteiger charge is 2.03. The van der Waals surface area contributed by atoms with Crippen LogP contribution < -0.4 is 5.73 Å². The molecule has 0 atom stereocenters. The van der Waals surface area contributed by atoms with Gasteiger partial charge in [0.05, 0.1) is 0 Å². The number of hydrogen-bond donors (Lipinski definition) is 1.